The van der Waals surface area contributed by atoms with Gasteiger partial charge in [0.15, 0.2) is 0 Å². The van der Waals surface area contributed by atoms with Crippen molar-refractivity contribution in [2.24, 2.45) is 0 Å². The molecular formula is C16H18NO5P. The number of rotatable bonds is 6. The van der Waals surface area contributed by atoms with Crippen molar-refractivity contribution in [1.82, 2.24) is 5.06 Å². The molecule has 3 rings (SSSR count). The fourth-order valence-corrected chi connectivity index (χ4v) is 3.35. The smallest absolute Gasteiger partial charge is 0.394 e. The van der Waals surface area contributed by atoms with E-state index in [9.17, 15) is 4.57 Å². The second-order valence-electron chi connectivity index (χ2n) is 4.88. The van der Waals surface area contributed by atoms with Gasteiger partial charge in [-0.15, -0.1) is 0 Å². The van der Waals surface area contributed by atoms with Crippen molar-refractivity contribution in [2.45, 2.75) is 0 Å². The number of morpholine rings is 1. The fourth-order valence-electron chi connectivity index (χ4n) is 2.04. The minimum Gasteiger partial charge on any atom is -0.394 e. The maximum absolute atomic E-state index is 13.1. The molecule has 0 radical (unpaired) electrons. The van der Waals surface area contributed by atoms with Crippen LogP contribution in [0.1, 0.15) is 0 Å². The maximum Gasteiger partial charge on any atom is 0.604 e. The standard InChI is InChI=1S/C16H18NO5P/c18-23(20-15-7-3-1-4-8-15,21-16-9-5-2-6-10-16)22-17-11-13-19-14-12-17/h1-10H,11-14H2. The molecule has 1 heterocycles. The molecular weight excluding hydrogens is 317 g/mol. The van der Waals surface area contributed by atoms with Crippen molar-refractivity contribution < 1.29 is 23.0 Å². The summed E-state index contributed by atoms with van der Waals surface area (Å²) in [4.78, 5) is 0. The molecule has 0 amide bonds. The third kappa shape index (κ3) is 4.81. The highest BCUT2D eigenvalue weighted by Crippen LogP contribution is 2.50. The number of phosphoric acid groups is 1. The highest BCUT2D eigenvalue weighted by atomic mass is 31.2. The Morgan fingerprint density at radius 3 is 1.78 bits per heavy atom. The molecule has 23 heavy (non-hydrogen) atoms. The Bertz CT molecular complexity index is 601. The van der Waals surface area contributed by atoms with Crippen LogP contribution in [0.4, 0.5) is 0 Å². The summed E-state index contributed by atoms with van der Waals surface area (Å²) in [6.45, 7) is 2.02. The number of hydrogen-bond donors (Lipinski definition) is 0. The van der Waals surface area contributed by atoms with Crippen molar-refractivity contribution >= 4 is 7.82 Å². The Balaban J connectivity index is 1.77. The minimum absolute atomic E-state index is 0.417. The lowest BCUT2D eigenvalue weighted by Gasteiger charge is -2.28. The first kappa shape index (κ1) is 16.0. The van der Waals surface area contributed by atoms with Crippen molar-refractivity contribution in [3.8, 4) is 11.5 Å². The minimum atomic E-state index is -3.86. The maximum atomic E-state index is 13.1. The molecule has 0 bridgehead atoms. The molecule has 1 aliphatic heterocycles. The van der Waals surface area contributed by atoms with Crippen LogP contribution in [0.3, 0.4) is 0 Å². The summed E-state index contributed by atoms with van der Waals surface area (Å²) in [6.07, 6.45) is 0. The average molecular weight is 335 g/mol. The number of ether oxygens (including phenoxy) is 1. The fraction of sp³-hybridized carbons (Fsp3) is 0.250. The van der Waals surface area contributed by atoms with Crippen molar-refractivity contribution in [3.05, 3.63) is 60.7 Å². The first-order valence-corrected chi connectivity index (χ1v) is 8.81. The molecule has 0 atom stereocenters. The van der Waals surface area contributed by atoms with E-state index in [1.54, 1.807) is 53.6 Å². The van der Waals surface area contributed by atoms with E-state index in [1.165, 1.54) is 0 Å². The molecule has 0 spiro atoms. The van der Waals surface area contributed by atoms with E-state index in [2.05, 4.69) is 0 Å². The van der Waals surface area contributed by atoms with Gasteiger partial charge in [-0.3, -0.25) is 0 Å². The molecule has 1 saturated heterocycles. The number of nitrogens with zero attached hydrogens (tertiary/aromatic N) is 1. The van der Waals surface area contributed by atoms with Gasteiger partial charge in [0.2, 0.25) is 0 Å². The molecule has 0 unspecified atom stereocenters. The summed E-state index contributed by atoms with van der Waals surface area (Å²) in [5, 5.41) is 1.55. The molecule has 122 valence electrons. The van der Waals surface area contributed by atoms with Crippen LogP contribution in [0.5, 0.6) is 11.5 Å². The number of hydrogen-bond acceptors (Lipinski definition) is 6. The normalized spacial score (nSPS) is 16.0. The highest BCUT2D eigenvalue weighted by molar-refractivity contribution is 7.49. The van der Waals surface area contributed by atoms with E-state index in [0.29, 0.717) is 37.8 Å². The lowest BCUT2D eigenvalue weighted by atomic mass is 10.3. The quantitative estimate of drug-likeness (QED) is 0.753. The van der Waals surface area contributed by atoms with Crippen LogP contribution in [0.2, 0.25) is 0 Å². The zero-order chi connectivity index (χ0) is 16.0. The molecule has 7 heteroatoms. The van der Waals surface area contributed by atoms with Crippen LogP contribution in [0.15, 0.2) is 60.7 Å². The Morgan fingerprint density at radius 2 is 1.30 bits per heavy atom. The molecule has 0 saturated carbocycles. The Kier molecular flexibility index (Phi) is 5.31. The average Bonchev–Trinajstić information content (AvgIpc) is 2.57. The summed E-state index contributed by atoms with van der Waals surface area (Å²) in [6, 6.07) is 17.6. The van der Waals surface area contributed by atoms with Gasteiger partial charge in [-0.2, -0.15) is 9.69 Å². The van der Waals surface area contributed by atoms with E-state index in [4.69, 9.17) is 18.4 Å². The van der Waals surface area contributed by atoms with Gasteiger partial charge in [-0.05, 0) is 24.3 Å². The predicted molar refractivity (Wildman–Crippen MR) is 85.2 cm³/mol. The Labute approximate surface area is 135 Å². The number of para-hydroxylation sites is 2. The summed E-state index contributed by atoms with van der Waals surface area (Å²) < 4.78 is 35.0. The van der Waals surface area contributed by atoms with Crippen molar-refractivity contribution in [1.29, 1.82) is 0 Å². The Hall–Kier alpha value is -1.85. The first-order chi connectivity index (χ1) is 11.2. The number of phosphoric ester groups is 1. The van der Waals surface area contributed by atoms with Crippen LogP contribution in [-0.2, 0) is 13.9 Å². The van der Waals surface area contributed by atoms with Gasteiger partial charge in [0.25, 0.3) is 0 Å². The molecule has 0 N–H and O–H groups in total. The van der Waals surface area contributed by atoms with E-state index in [1.807, 2.05) is 12.1 Å². The largest absolute Gasteiger partial charge is 0.604 e. The SMILES string of the molecule is O=P(Oc1ccccc1)(Oc1ccccc1)ON1CCOCC1. The van der Waals surface area contributed by atoms with Gasteiger partial charge >= 0.3 is 7.82 Å². The lowest BCUT2D eigenvalue weighted by molar-refractivity contribution is -0.129. The summed E-state index contributed by atoms with van der Waals surface area (Å²) in [5.74, 6) is 0.833. The monoisotopic (exact) mass is 335 g/mol. The predicted octanol–water partition coefficient (Wildman–Crippen LogP) is 3.52. The first-order valence-electron chi connectivity index (χ1n) is 7.35. The second-order valence-corrected chi connectivity index (χ2v) is 6.30. The molecule has 2 aromatic rings. The van der Waals surface area contributed by atoms with Gasteiger partial charge in [0, 0.05) is 13.1 Å². The Morgan fingerprint density at radius 1 is 0.826 bits per heavy atom. The van der Waals surface area contributed by atoms with E-state index in [0.717, 1.165) is 0 Å². The molecule has 0 aliphatic carbocycles. The van der Waals surface area contributed by atoms with E-state index >= 15 is 0 Å². The molecule has 2 aromatic carbocycles. The highest BCUT2D eigenvalue weighted by Gasteiger charge is 2.35. The zero-order valence-corrected chi connectivity index (χ0v) is 13.4. The third-order valence-corrected chi connectivity index (χ3v) is 4.41. The summed E-state index contributed by atoms with van der Waals surface area (Å²) in [7, 11) is -3.86. The summed E-state index contributed by atoms with van der Waals surface area (Å²) >= 11 is 0. The van der Waals surface area contributed by atoms with Crippen LogP contribution in [-0.4, -0.2) is 31.4 Å². The molecule has 6 nitrogen and oxygen atoms in total. The topological polar surface area (TPSA) is 57.2 Å². The van der Waals surface area contributed by atoms with Crippen LogP contribution >= 0.6 is 7.82 Å². The molecule has 1 fully saturated rings. The van der Waals surface area contributed by atoms with E-state index in [-0.39, 0.29) is 0 Å². The lowest BCUT2D eigenvalue weighted by Crippen LogP contribution is -2.36. The van der Waals surface area contributed by atoms with Gasteiger partial charge in [0.1, 0.15) is 11.5 Å². The van der Waals surface area contributed by atoms with Crippen LogP contribution < -0.4 is 9.05 Å². The van der Waals surface area contributed by atoms with Gasteiger partial charge in [-0.25, -0.2) is 4.57 Å². The molecule has 0 aromatic heterocycles. The number of benzene rings is 2. The van der Waals surface area contributed by atoms with Crippen molar-refractivity contribution in [3.63, 3.8) is 0 Å². The van der Waals surface area contributed by atoms with Crippen LogP contribution in [0, 0.1) is 0 Å². The zero-order valence-electron chi connectivity index (χ0n) is 12.5. The van der Waals surface area contributed by atoms with E-state index < -0.39 is 7.82 Å². The van der Waals surface area contributed by atoms with Gasteiger partial charge < -0.3 is 13.8 Å². The molecule has 1 aliphatic rings. The van der Waals surface area contributed by atoms with Gasteiger partial charge in [0.05, 0.1) is 13.2 Å². The third-order valence-electron chi connectivity index (χ3n) is 3.11. The van der Waals surface area contributed by atoms with Crippen LogP contribution in [0.25, 0.3) is 0 Å². The summed E-state index contributed by atoms with van der Waals surface area (Å²) in [5.41, 5.74) is 0. The second kappa shape index (κ2) is 7.62. The van der Waals surface area contributed by atoms with Gasteiger partial charge in [-0.1, -0.05) is 36.4 Å². The number of hydroxylamine groups is 2. The van der Waals surface area contributed by atoms with Crippen molar-refractivity contribution in [2.75, 3.05) is 26.3 Å².